The van der Waals surface area contributed by atoms with E-state index in [1.165, 1.54) is 0 Å². The van der Waals surface area contributed by atoms with Crippen LogP contribution in [0.3, 0.4) is 0 Å². The highest BCUT2D eigenvalue weighted by molar-refractivity contribution is 7.22. The molecule has 100 valence electrons. The summed E-state index contributed by atoms with van der Waals surface area (Å²) in [5.74, 6) is 1.59. The molecule has 0 fully saturated rings. The Morgan fingerprint density at radius 1 is 0.950 bits per heavy atom. The summed E-state index contributed by atoms with van der Waals surface area (Å²) in [5, 5.41) is 2.42. The molecule has 0 spiro atoms. The van der Waals surface area contributed by atoms with Crippen molar-refractivity contribution in [2.24, 2.45) is 0 Å². The molecule has 1 aliphatic rings. The second kappa shape index (κ2) is 4.55. The van der Waals surface area contributed by atoms with Gasteiger partial charge in [0.2, 0.25) is 6.79 Å². The number of benzene rings is 2. The minimum Gasteiger partial charge on any atom is -0.454 e. The van der Waals surface area contributed by atoms with Crippen molar-refractivity contribution in [3.05, 3.63) is 46.4 Å². The second-order valence-corrected chi connectivity index (χ2v) is 6.41. The molecule has 0 saturated heterocycles. The van der Waals surface area contributed by atoms with E-state index in [9.17, 15) is 0 Å². The van der Waals surface area contributed by atoms with Crippen LogP contribution in [0, 0.1) is 0 Å². The molecule has 4 rings (SSSR count). The lowest BCUT2D eigenvalue weighted by Crippen LogP contribution is -1.92. The molecule has 2 aromatic carbocycles. The molecule has 0 aliphatic carbocycles. The number of thiophene rings is 1. The van der Waals surface area contributed by atoms with Crippen molar-refractivity contribution in [2.45, 2.75) is 0 Å². The minimum atomic E-state index is 0.294. The van der Waals surface area contributed by atoms with E-state index in [0.717, 1.165) is 32.0 Å². The lowest BCUT2D eigenvalue weighted by Gasteiger charge is -2.00. The van der Waals surface area contributed by atoms with E-state index < -0.39 is 0 Å². The molecular weight excluding hydrogens is 315 g/mol. The van der Waals surface area contributed by atoms with E-state index in [-0.39, 0.29) is 0 Å². The van der Waals surface area contributed by atoms with Crippen LogP contribution in [0.15, 0.2) is 36.4 Å². The summed E-state index contributed by atoms with van der Waals surface area (Å²) in [6.45, 7) is 0.294. The third-order valence-corrected chi connectivity index (χ3v) is 4.89. The van der Waals surface area contributed by atoms with Crippen LogP contribution >= 0.6 is 34.5 Å². The van der Waals surface area contributed by atoms with E-state index >= 15 is 0 Å². The molecule has 3 aromatic rings. The van der Waals surface area contributed by atoms with Gasteiger partial charge in [0.1, 0.15) is 0 Å². The molecule has 5 heteroatoms. The van der Waals surface area contributed by atoms with Crippen molar-refractivity contribution in [3.63, 3.8) is 0 Å². The van der Waals surface area contributed by atoms with Gasteiger partial charge in [-0.1, -0.05) is 29.3 Å². The predicted molar refractivity (Wildman–Crippen MR) is 83.4 cm³/mol. The van der Waals surface area contributed by atoms with Crippen LogP contribution < -0.4 is 9.47 Å². The highest BCUT2D eigenvalue weighted by Crippen LogP contribution is 2.43. The third kappa shape index (κ3) is 1.94. The first kappa shape index (κ1) is 12.3. The van der Waals surface area contributed by atoms with Crippen LogP contribution in [0.5, 0.6) is 11.5 Å². The lowest BCUT2D eigenvalue weighted by atomic mass is 10.1. The van der Waals surface area contributed by atoms with Gasteiger partial charge >= 0.3 is 0 Å². The first-order valence-electron chi connectivity index (χ1n) is 5.99. The van der Waals surface area contributed by atoms with Gasteiger partial charge in [0, 0.05) is 26.2 Å². The zero-order valence-corrected chi connectivity index (χ0v) is 12.5. The van der Waals surface area contributed by atoms with Gasteiger partial charge < -0.3 is 9.47 Å². The Balaban J connectivity index is 1.89. The Labute approximate surface area is 129 Å². The number of ether oxygens (including phenoxy) is 2. The number of fused-ring (bicyclic) bond motifs is 2. The highest BCUT2D eigenvalue weighted by atomic mass is 35.5. The van der Waals surface area contributed by atoms with Crippen molar-refractivity contribution in [2.75, 3.05) is 6.79 Å². The molecule has 20 heavy (non-hydrogen) atoms. The van der Waals surface area contributed by atoms with Gasteiger partial charge in [-0.15, -0.1) is 11.3 Å². The zero-order chi connectivity index (χ0) is 13.7. The summed E-state index contributed by atoms with van der Waals surface area (Å²) < 4.78 is 12.0. The molecule has 0 atom stereocenters. The summed E-state index contributed by atoms with van der Waals surface area (Å²) in [6, 6.07) is 11.7. The van der Waals surface area contributed by atoms with Gasteiger partial charge in [0.25, 0.3) is 0 Å². The quantitative estimate of drug-likeness (QED) is 0.580. The number of hydrogen-bond donors (Lipinski definition) is 0. The highest BCUT2D eigenvalue weighted by Gasteiger charge is 2.16. The molecule has 2 heterocycles. The van der Waals surface area contributed by atoms with E-state index in [1.807, 2.05) is 24.3 Å². The summed E-state index contributed by atoms with van der Waals surface area (Å²) in [4.78, 5) is 1.10. The Morgan fingerprint density at radius 2 is 1.75 bits per heavy atom. The Kier molecular flexibility index (Phi) is 2.81. The van der Waals surface area contributed by atoms with Crippen molar-refractivity contribution < 1.29 is 9.47 Å². The molecule has 0 amide bonds. The molecule has 0 unspecified atom stereocenters. The molecule has 0 bridgehead atoms. The van der Waals surface area contributed by atoms with Crippen molar-refractivity contribution in [1.29, 1.82) is 0 Å². The number of hydrogen-bond acceptors (Lipinski definition) is 3. The van der Waals surface area contributed by atoms with E-state index in [1.54, 1.807) is 17.4 Å². The maximum absolute atomic E-state index is 6.27. The molecular formula is C15H8Cl2O2S. The Bertz CT molecular complexity index is 785. The molecule has 1 aliphatic heterocycles. The normalized spacial score (nSPS) is 13.1. The first-order valence-corrected chi connectivity index (χ1v) is 7.56. The zero-order valence-electron chi connectivity index (χ0n) is 10.2. The predicted octanol–water partition coefficient (Wildman–Crippen LogP) is 5.60. The topological polar surface area (TPSA) is 18.5 Å². The Hall–Kier alpha value is -1.42. The van der Waals surface area contributed by atoms with E-state index in [4.69, 9.17) is 32.7 Å². The van der Waals surface area contributed by atoms with Crippen molar-refractivity contribution in [1.82, 2.24) is 0 Å². The standard InChI is InChI=1S/C15H8Cl2O2S/c16-9-1-2-10(11(17)5-9)15-4-8-3-12-13(19-7-18-12)6-14(8)20-15/h1-6H,7H2. The van der Waals surface area contributed by atoms with Crippen molar-refractivity contribution >= 4 is 44.6 Å². The SMILES string of the molecule is Clc1ccc(-c2cc3cc4c(cc3s2)OCO4)c(Cl)c1. The van der Waals surface area contributed by atoms with Crippen LogP contribution in [0.2, 0.25) is 10.0 Å². The van der Waals surface area contributed by atoms with E-state index in [2.05, 4.69) is 6.07 Å². The van der Waals surface area contributed by atoms with Crippen LogP contribution in [0.1, 0.15) is 0 Å². The first-order chi connectivity index (χ1) is 9.70. The van der Waals surface area contributed by atoms with Crippen LogP contribution in [0.25, 0.3) is 20.5 Å². The van der Waals surface area contributed by atoms with E-state index in [0.29, 0.717) is 16.8 Å². The van der Waals surface area contributed by atoms with Gasteiger partial charge in [0.05, 0.1) is 5.02 Å². The molecule has 0 saturated carbocycles. The largest absolute Gasteiger partial charge is 0.454 e. The fraction of sp³-hybridized carbons (Fsp3) is 0.0667. The Morgan fingerprint density at radius 3 is 2.55 bits per heavy atom. The van der Waals surface area contributed by atoms with Crippen LogP contribution in [-0.2, 0) is 0 Å². The summed E-state index contributed by atoms with van der Waals surface area (Å²) in [6.07, 6.45) is 0. The van der Waals surface area contributed by atoms with Gasteiger partial charge in [-0.05, 0) is 29.7 Å². The van der Waals surface area contributed by atoms with Gasteiger partial charge in [-0.25, -0.2) is 0 Å². The minimum absolute atomic E-state index is 0.294. The van der Waals surface area contributed by atoms with Gasteiger partial charge in [-0.2, -0.15) is 0 Å². The van der Waals surface area contributed by atoms with Crippen LogP contribution in [0.4, 0.5) is 0 Å². The molecule has 2 nitrogen and oxygen atoms in total. The average molecular weight is 323 g/mol. The molecule has 0 radical (unpaired) electrons. The third-order valence-electron chi connectivity index (χ3n) is 3.21. The monoisotopic (exact) mass is 322 g/mol. The average Bonchev–Trinajstić information content (AvgIpc) is 3.00. The second-order valence-electron chi connectivity index (χ2n) is 4.48. The van der Waals surface area contributed by atoms with Crippen LogP contribution in [-0.4, -0.2) is 6.79 Å². The van der Waals surface area contributed by atoms with Gasteiger partial charge in [0.15, 0.2) is 11.5 Å². The fourth-order valence-electron chi connectivity index (χ4n) is 2.25. The van der Waals surface area contributed by atoms with Crippen molar-refractivity contribution in [3.8, 4) is 21.9 Å². The maximum atomic E-state index is 6.27. The number of halogens is 2. The fourth-order valence-corrected chi connectivity index (χ4v) is 3.93. The van der Waals surface area contributed by atoms with Gasteiger partial charge in [-0.3, -0.25) is 0 Å². The summed E-state index contributed by atoms with van der Waals surface area (Å²) >= 11 is 13.9. The summed E-state index contributed by atoms with van der Waals surface area (Å²) in [7, 11) is 0. The maximum Gasteiger partial charge on any atom is 0.231 e. The lowest BCUT2D eigenvalue weighted by molar-refractivity contribution is 0.174. The number of rotatable bonds is 1. The summed E-state index contributed by atoms with van der Waals surface area (Å²) in [5.41, 5.74) is 0.985. The molecule has 1 aromatic heterocycles. The molecule has 0 N–H and O–H groups in total. The smallest absolute Gasteiger partial charge is 0.231 e.